The smallest absolute Gasteiger partial charge is 0.300 e. The topological polar surface area (TPSA) is 83.6 Å². The predicted octanol–water partition coefficient (Wildman–Crippen LogP) is 4.23. The molecule has 1 aromatic carbocycles. The average molecular weight is 388 g/mol. The number of hydrogen-bond acceptors (Lipinski definition) is 5. The summed E-state index contributed by atoms with van der Waals surface area (Å²) in [5.74, 6) is -0.644. The van der Waals surface area contributed by atoms with Crippen molar-refractivity contribution >= 4 is 23.1 Å². The summed E-state index contributed by atoms with van der Waals surface area (Å²) < 4.78 is 5.79. The van der Waals surface area contributed by atoms with Crippen LogP contribution in [0.4, 0.5) is 5.69 Å². The molecular formula is C23H20N2O4. The van der Waals surface area contributed by atoms with E-state index < -0.39 is 17.7 Å². The number of aromatic nitrogens is 1. The number of Topliss-reactive ketones (excluding diaryl/α,β-unsaturated/α-hetero) is 1. The number of amides is 1. The number of ketones is 1. The Morgan fingerprint density at radius 2 is 1.76 bits per heavy atom. The number of aliphatic hydroxyl groups is 1. The Bertz CT molecular complexity index is 1140. The number of aliphatic hydroxyl groups excluding tert-OH is 1. The molecule has 1 N–H and O–H groups in total. The molecule has 1 aliphatic rings. The van der Waals surface area contributed by atoms with E-state index in [0.717, 1.165) is 11.1 Å². The molecule has 0 aliphatic carbocycles. The van der Waals surface area contributed by atoms with Crippen molar-refractivity contribution in [2.45, 2.75) is 26.8 Å². The minimum Gasteiger partial charge on any atom is -0.507 e. The molecule has 6 nitrogen and oxygen atoms in total. The number of benzene rings is 1. The van der Waals surface area contributed by atoms with Crippen LogP contribution >= 0.6 is 0 Å². The molecule has 0 saturated carbocycles. The van der Waals surface area contributed by atoms with Gasteiger partial charge >= 0.3 is 0 Å². The monoisotopic (exact) mass is 388 g/mol. The van der Waals surface area contributed by atoms with E-state index in [0.29, 0.717) is 22.8 Å². The Morgan fingerprint density at radius 3 is 2.38 bits per heavy atom. The van der Waals surface area contributed by atoms with Crippen molar-refractivity contribution in [3.05, 3.63) is 88.6 Å². The number of hydrogen-bond donors (Lipinski definition) is 1. The molecule has 1 unspecified atom stereocenters. The van der Waals surface area contributed by atoms with Gasteiger partial charge in [0.15, 0.2) is 0 Å². The molecule has 2 aromatic heterocycles. The van der Waals surface area contributed by atoms with Crippen LogP contribution in [-0.2, 0) is 9.59 Å². The van der Waals surface area contributed by atoms with Gasteiger partial charge in [-0.25, -0.2) is 0 Å². The standard InChI is InChI=1S/C23H20N2O4/c1-13-4-6-17(14(2)12-13)25-20(18-7-5-15(3)29-18)19(22(27)23(25)28)21(26)16-8-10-24-11-9-16/h4-12,20,26H,1-3H3/b21-19-. The molecule has 29 heavy (non-hydrogen) atoms. The zero-order valence-corrected chi connectivity index (χ0v) is 16.3. The Labute approximate surface area is 168 Å². The van der Waals surface area contributed by atoms with Crippen molar-refractivity contribution in [1.29, 1.82) is 0 Å². The van der Waals surface area contributed by atoms with Crippen molar-refractivity contribution in [2.75, 3.05) is 4.90 Å². The van der Waals surface area contributed by atoms with Gasteiger partial charge in [0, 0.05) is 23.6 Å². The van der Waals surface area contributed by atoms with Gasteiger partial charge in [-0.2, -0.15) is 0 Å². The number of rotatable bonds is 3. The second kappa shape index (κ2) is 7.05. The molecule has 3 aromatic rings. The average Bonchev–Trinajstić information content (AvgIpc) is 3.24. The lowest BCUT2D eigenvalue weighted by atomic mass is 9.99. The quantitative estimate of drug-likeness (QED) is 0.412. The highest BCUT2D eigenvalue weighted by atomic mass is 16.3. The Kier molecular flexibility index (Phi) is 4.54. The number of furan rings is 1. The molecular weight excluding hydrogens is 368 g/mol. The normalized spacial score (nSPS) is 18.4. The zero-order valence-electron chi connectivity index (χ0n) is 16.3. The van der Waals surface area contributed by atoms with E-state index in [4.69, 9.17) is 4.42 Å². The Balaban J connectivity index is 1.96. The first kappa shape index (κ1) is 18.7. The van der Waals surface area contributed by atoms with Gasteiger partial charge in [0.25, 0.3) is 11.7 Å². The second-order valence-electron chi connectivity index (χ2n) is 7.14. The first-order valence-electron chi connectivity index (χ1n) is 9.23. The van der Waals surface area contributed by atoms with Crippen molar-refractivity contribution in [1.82, 2.24) is 4.98 Å². The van der Waals surface area contributed by atoms with E-state index in [-0.39, 0.29) is 11.3 Å². The third-order valence-electron chi connectivity index (χ3n) is 5.04. The maximum atomic E-state index is 13.1. The summed E-state index contributed by atoms with van der Waals surface area (Å²) >= 11 is 0. The number of anilines is 1. The van der Waals surface area contributed by atoms with E-state index >= 15 is 0 Å². The summed E-state index contributed by atoms with van der Waals surface area (Å²) in [6.07, 6.45) is 3.03. The lowest BCUT2D eigenvalue weighted by Crippen LogP contribution is -2.30. The minimum absolute atomic E-state index is 0.00414. The fraction of sp³-hybridized carbons (Fsp3) is 0.174. The van der Waals surface area contributed by atoms with Crippen LogP contribution in [0.25, 0.3) is 5.76 Å². The first-order valence-corrected chi connectivity index (χ1v) is 9.23. The number of aryl methyl sites for hydroxylation is 3. The number of carbonyl (C=O) groups is 2. The largest absolute Gasteiger partial charge is 0.507 e. The minimum atomic E-state index is -0.863. The molecule has 146 valence electrons. The van der Waals surface area contributed by atoms with Gasteiger partial charge in [-0.1, -0.05) is 17.7 Å². The molecule has 1 saturated heterocycles. The van der Waals surface area contributed by atoms with Gasteiger partial charge < -0.3 is 9.52 Å². The van der Waals surface area contributed by atoms with Crippen molar-refractivity contribution < 1.29 is 19.1 Å². The van der Waals surface area contributed by atoms with Gasteiger partial charge in [-0.15, -0.1) is 0 Å². The van der Waals surface area contributed by atoms with Crippen LogP contribution in [0.5, 0.6) is 0 Å². The summed E-state index contributed by atoms with van der Waals surface area (Å²) in [7, 11) is 0. The molecule has 1 aliphatic heterocycles. The molecule has 6 heteroatoms. The maximum Gasteiger partial charge on any atom is 0.300 e. The number of nitrogens with zero attached hydrogens (tertiary/aromatic N) is 2. The maximum absolute atomic E-state index is 13.1. The van der Waals surface area contributed by atoms with E-state index in [1.807, 2.05) is 32.0 Å². The van der Waals surface area contributed by atoms with Gasteiger partial charge in [0.05, 0.1) is 5.57 Å². The first-order chi connectivity index (χ1) is 13.9. The Morgan fingerprint density at radius 1 is 1.03 bits per heavy atom. The van der Waals surface area contributed by atoms with E-state index in [1.54, 1.807) is 31.2 Å². The highest BCUT2D eigenvalue weighted by molar-refractivity contribution is 6.51. The van der Waals surface area contributed by atoms with Crippen LogP contribution in [0.3, 0.4) is 0 Å². The van der Waals surface area contributed by atoms with Crippen LogP contribution in [0.1, 0.15) is 34.3 Å². The van der Waals surface area contributed by atoms with Crippen LogP contribution in [0.15, 0.2) is 64.8 Å². The highest BCUT2D eigenvalue weighted by Crippen LogP contribution is 2.43. The second-order valence-corrected chi connectivity index (χ2v) is 7.14. The Hall–Kier alpha value is -3.67. The van der Waals surface area contributed by atoms with Crippen molar-refractivity contribution in [3.63, 3.8) is 0 Å². The molecule has 3 heterocycles. The lowest BCUT2D eigenvalue weighted by molar-refractivity contribution is -0.132. The third kappa shape index (κ3) is 3.12. The van der Waals surface area contributed by atoms with Gasteiger partial charge in [0.2, 0.25) is 0 Å². The molecule has 1 atom stereocenters. The summed E-state index contributed by atoms with van der Waals surface area (Å²) in [5.41, 5.74) is 2.90. The zero-order chi connectivity index (χ0) is 20.7. The van der Waals surface area contributed by atoms with Crippen LogP contribution in [0.2, 0.25) is 0 Å². The highest BCUT2D eigenvalue weighted by Gasteiger charge is 2.48. The van der Waals surface area contributed by atoms with Crippen LogP contribution in [0, 0.1) is 20.8 Å². The fourth-order valence-corrected chi connectivity index (χ4v) is 3.69. The van der Waals surface area contributed by atoms with Gasteiger partial charge in [-0.05, 0) is 56.7 Å². The fourth-order valence-electron chi connectivity index (χ4n) is 3.69. The SMILES string of the molecule is Cc1ccc(N2C(=O)C(=O)/C(=C(\O)c3ccncc3)C2c2ccc(C)o2)c(C)c1. The predicted molar refractivity (Wildman–Crippen MR) is 108 cm³/mol. The van der Waals surface area contributed by atoms with E-state index in [2.05, 4.69) is 4.98 Å². The molecule has 0 spiro atoms. The number of carbonyl (C=O) groups excluding carboxylic acids is 2. The van der Waals surface area contributed by atoms with E-state index in [9.17, 15) is 14.7 Å². The number of pyridine rings is 1. The molecule has 1 amide bonds. The lowest BCUT2D eigenvalue weighted by Gasteiger charge is -2.25. The summed E-state index contributed by atoms with van der Waals surface area (Å²) in [4.78, 5) is 31.4. The van der Waals surface area contributed by atoms with Crippen LogP contribution in [-0.4, -0.2) is 21.8 Å². The molecule has 0 radical (unpaired) electrons. The third-order valence-corrected chi connectivity index (χ3v) is 5.04. The van der Waals surface area contributed by atoms with Crippen molar-refractivity contribution in [3.8, 4) is 0 Å². The summed E-state index contributed by atoms with van der Waals surface area (Å²) in [6, 6.07) is 11.4. The van der Waals surface area contributed by atoms with Gasteiger partial charge in [0.1, 0.15) is 23.3 Å². The van der Waals surface area contributed by atoms with Crippen molar-refractivity contribution in [2.24, 2.45) is 0 Å². The summed E-state index contributed by atoms with van der Waals surface area (Å²) in [6.45, 7) is 5.63. The van der Waals surface area contributed by atoms with E-state index in [1.165, 1.54) is 17.3 Å². The van der Waals surface area contributed by atoms with Gasteiger partial charge in [-0.3, -0.25) is 19.5 Å². The molecule has 1 fully saturated rings. The molecule has 4 rings (SSSR count). The summed E-state index contributed by atoms with van der Waals surface area (Å²) in [5, 5.41) is 10.9. The van der Waals surface area contributed by atoms with Crippen LogP contribution < -0.4 is 4.90 Å². The molecule has 0 bridgehead atoms.